The van der Waals surface area contributed by atoms with Gasteiger partial charge in [-0.15, -0.1) is 10.2 Å². The smallest absolute Gasteiger partial charge is 0.230 e. The van der Waals surface area contributed by atoms with Crippen LogP contribution in [0.4, 0.5) is 0 Å². The molecule has 0 unspecified atom stereocenters. The number of thioether (sulfide) groups is 1. The maximum atomic E-state index is 12.1. The third-order valence-electron chi connectivity index (χ3n) is 4.44. The predicted octanol–water partition coefficient (Wildman–Crippen LogP) is 3.69. The van der Waals surface area contributed by atoms with E-state index in [4.69, 9.17) is 11.6 Å². The summed E-state index contributed by atoms with van der Waals surface area (Å²) in [6.45, 7) is 2.85. The van der Waals surface area contributed by atoms with Gasteiger partial charge in [0.15, 0.2) is 5.16 Å². The van der Waals surface area contributed by atoms with Gasteiger partial charge in [0.1, 0.15) is 5.82 Å². The molecule has 0 aliphatic heterocycles. The summed E-state index contributed by atoms with van der Waals surface area (Å²) in [6, 6.07) is 8.12. The minimum absolute atomic E-state index is 0.0850. The molecule has 0 saturated heterocycles. The number of carbonyl (C=O) groups is 1. The van der Waals surface area contributed by atoms with Crippen molar-refractivity contribution >= 4 is 29.3 Å². The van der Waals surface area contributed by atoms with Gasteiger partial charge in [-0.3, -0.25) is 4.79 Å². The van der Waals surface area contributed by atoms with Crippen molar-refractivity contribution in [3.8, 4) is 0 Å². The van der Waals surface area contributed by atoms with Crippen LogP contribution >= 0.6 is 23.4 Å². The molecule has 25 heavy (non-hydrogen) atoms. The van der Waals surface area contributed by atoms with Crippen LogP contribution in [0, 0.1) is 0 Å². The number of halogens is 1. The summed E-state index contributed by atoms with van der Waals surface area (Å²) in [7, 11) is 0. The van der Waals surface area contributed by atoms with Crippen molar-refractivity contribution < 1.29 is 4.79 Å². The second-order valence-electron chi connectivity index (χ2n) is 6.28. The van der Waals surface area contributed by atoms with Crippen molar-refractivity contribution in [2.75, 3.05) is 5.75 Å². The SMILES string of the molecule is CCn1c(Cc2ccc(Cl)cc2)nnc1SCC(=O)NC1CCCC1. The van der Waals surface area contributed by atoms with Gasteiger partial charge < -0.3 is 9.88 Å². The Bertz CT molecular complexity index is 710. The molecular weight excluding hydrogens is 356 g/mol. The molecule has 1 amide bonds. The molecule has 134 valence electrons. The van der Waals surface area contributed by atoms with Crippen LogP contribution in [0.15, 0.2) is 29.4 Å². The number of carbonyl (C=O) groups excluding carboxylic acids is 1. The van der Waals surface area contributed by atoms with E-state index in [2.05, 4.69) is 27.0 Å². The zero-order valence-electron chi connectivity index (χ0n) is 14.4. The van der Waals surface area contributed by atoms with Crippen LogP contribution in [0.2, 0.25) is 5.02 Å². The number of aromatic nitrogens is 3. The first-order chi connectivity index (χ1) is 12.2. The molecule has 1 aliphatic rings. The van der Waals surface area contributed by atoms with Crippen LogP contribution in [-0.2, 0) is 17.8 Å². The van der Waals surface area contributed by atoms with Gasteiger partial charge in [-0.05, 0) is 37.5 Å². The Morgan fingerprint density at radius 2 is 2.00 bits per heavy atom. The van der Waals surface area contributed by atoms with Crippen molar-refractivity contribution in [2.24, 2.45) is 0 Å². The molecule has 1 aromatic heterocycles. The topological polar surface area (TPSA) is 59.8 Å². The third kappa shape index (κ3) is 4.98. The molecule has 2 aromatic rings. The summed E-state index contributed by atoms with van der Waals surface area (Å²) in [5, 5.41) is 13.2. The van der Waals surface area contributed by atoms with Crippen LogP contribution in [0.25, 0.3) is 0 Å². The molecule has 1 aliphatic carbocycles. The number of hydrogen-bond acceptors (Lipinski definition) is 4. The van der Waals surface area contributed by atoms with Crippen LogP contribution in [0.5, 0.6) is 0 Å². The maximum absolute atomic E-state index is 12.1. The number of nitrogens with one attached hydrogen (secondary N) is 1. The van der Waals surface area contributed by atoms with Crippen molar-refractivity contribution in [2.45, 2.75) is 56.8 Å². The highest BCUT2D eigenvalue weighted by Gasteiger charge is 2.18. The van der Waals surface area contributed by atoms with Gasteiger partial charge in [-0.1, -0.05) is 48.3 Å². The fourth-order valence-electron chi connectivity index (χ4n) is 3.13. The quantitative estimate of drug-likeness (QED) is 0.746. The highest BCUT2D eigenvalue weighted by molar-refractivity contribution is 7.99. The van der Waals surface area contributed by atoms with E-state index in [0.717, 1.165) is 41.0 Å². The monoisotopic (exact) mass is 378 g/mol. The van der Waals surface area contributed by atoms with Gasteiger partial charge in [-0.2, -0.15) is 0 Å². The van der Waals surface area contributed by atoms with Gasteiger partial charge in [0.05, 0.1) is 5.75 Å². The van der Waals surface area contributed by atoms with E-state index in [1.54, 1.807) is 0 Å². The summed E-state index contributed by atoms with van der Waals surface area (Å²) in [4.78, 5) is 12.1. The third-order valence-corrected chi connectivity index (χ3v) is 5.66. The maximum Gasteiger partial charge on any atom is 0.230 e. The number of benzene rings is 1. The summed E-state index contributed by atoms with van der Waals surface area (Å²) < 4.78 is 2.07. The molecule has 3 rings (SSSR count). The Morgan fingerprint density at radius 1 is 1.28 bits per heavy atom. The average molecular weight is 379 g/mol. The van der Waals surface area contributed by atoms with Gasteiger partial charge in [-0.25, -0.2) is 0 Å². The minimum atomic E-state index is 0.0850. The molecule has 1 aromatic carbocycles. The van der Waals surface area contributed by atoms with E-state index >= 15 is 0 Å². The lowest BCUT2D eigenvalue weighted by Gasteiger charge is -2.11. The molecule has 0 radical (unpaired) electrons. The Hall–Kier alpha value is -1.53. The lowest BCUT2D eigenvalue weighted by Crippen LogP contribution is -2.33. The van der Waals surface area contributed by atoms with Gasteiger partial charge in [0.2, 0.25) is 5.91 Å². The van der Waals surface area contributed by atoms with Crippen LogP contribution in [0.3, 0.4) is 0 Å². The molecule has 7 heteroatoms. The summed E-state index contributed by atoms with van der Waals surface area (Å²) in [5.74, 6) is 1.38. The van der Waals surface area contributed by atoms with Crippen molar-refractivity contribution in [1.82, 2.24) is 20.1 Å². The van der Waals surface area contributed by atoms with E-state index in [9.17, 15) is 4.79 Å². The number of amides is 1. The van der Waals surface area contributed by atoms with E-state index < -0.39 is 0 Å². The minimum Gasteiger partial charge on any atom is -0.353 e. The molecule has 1 N–H and O–H groups in total. The first kappa shape index (κ1) is 18.3. The molecule has 1 saturated carbocycles. The second kappa shape index (κ2) is 8.72. The molecule has 1 fully saturated rings. The standard InChI is InChI=1S/C18H23ClN4OS/c1-2-23-16(11-13-7-9-14(19)10-8-13)21-22-18(23)25-12-17(24)20-15-5-3-4-6-15/h7-10,15H,2-6,11-12H2,1H3,(H,20,24). The van der Waals surface area contributed by atoms with Crippen LogP contribution < -0.4 is 5.32 Å². The number of nitrogens with zero attached hydrogens (tertiary/aromatic N) is 3. The van der Waals surface area contributed by atoms with E-state index in [1.165, 1.54) is 24.6 Å². The van der Waals surface area contributed by atoms with Crippen molar-refractivity contribution in [3.63, 3.8) is 0 Å². The molecule has 1 heterocycles. The highest BCUT2D eigenvalue weighted by Crippen LogP contribution is 2.21. The van der Waals surface area contributed by atoms with Crippen molar-refractivity contribution in [1.29, 1.82) is 0 Å². The summed E-state index contributed by atoms with van der Waals surface area (Å²) in [6.07, 6.45) is 5.35. The van der Waals surface area contributed by atoms with Crippen LogP contribution in [-0.4, -0.2) is 32.5 Å². The van der Waals surface area contributed by atoms with Gasteiger partial charge in [0.25, 0.3) is 0 Å². The first-order valence-corrected chi connectivity index (χ1v) is 10.1. The van der Waals surface area contributed by atoms with E-state index in [-0.39, 0.29) is 5.91 Å². The molecular formula is C18H23ClN4OS. The lowest BCUT2D eigenvalue weighted by molar-refractivity contribution is -0.119. The summed E-state index contributed by atoms with van der Waals surface area (Å²) in [5.41, 5.74) is 1.14. The fourth-order valence-corrected chi connectivity index (χ4v) is 4.09. The first-order valence-electron chi connectivity index (χ1n) is 8.74. The Kier molecular flexibility index (Phi) is 6.37. The fraction of sp³-hybridized carbons (Fsp3) is 0.500. The second-order valence-corrected chi connectivity index (χ2v) is 7.66. The molecule has 0 atom stereocenters. The zero-order valence-corrected chi connectivity index (χ0v) is 15.9. The van der Waals surface area contributed by atoms with Gasteiger partial charge in [0, 0.05) is 24.0 Å². The number of rotatable bonds is 7. The van der Waals surface area contributed by atoms with Gasteiger partial charge >= 0.3 is 0 Å². The average Bonchev–Trinajstić information content (AvgIpc) is 3.24. The highest BCUT2D eigenvalue weighted by atomic mass is 35.5. The summed E-state index contributed by atoms with van der Waals surface area (Å²) >= 11 is 7.39. The molecule has 0 bridgehead atoms. The zero-order chi connectivity index (χ0) is 17.6. The number of hydrogen-bond donors (Lipinski definition) is 1. The van der Waals surface area contributed by atoms with Crippen LogP contribution in [0.1, 0.15) is 44.0 Å². The lowest BCUT2D eigenvalue weighted by atomic mass is 10.1. The Balaban J connectivity index is 1.59. The molecule has 0 spiro atoms. The van der Waals surface area contributed by atoms with E-state index in [1.807, 2.05) is 24.3 Å². The predicted molar refractivity (Wildman–Crippen MR) is 101 cm³/mol. The normalized spacial score (nSPS) is 14.8. The van der Waals surface area contributed by atoms with E-state index in [0.29, 0.717) is 18.2 Å². The largest absolute Gasteiger partial charge is 0.353 e. The molecule has 5 nitrogen and oxygen atoms in total. The Labute approximate surface area is 157 Å². The Morgan fingerprint density at radius 3 is 2.68 bits per heavy atom. The van der Waals surface area contributed by atoms with Crippen molar-refractivity contribution in [3.05, 3.63) is 40.7 Å².